The molecular weight excluding hydrogens is 132 g/mol. The normalized spacial score (nSPS) is 28.5. The highest BCUT2D eigenvalue weighted by molar-refractivity contribution is 4.77. The molecule has 1 fully saturated rings. The molecular formula is C7H14O3. The van der Waals surface area contributed by atoms with Crippen LogP contribution < -0.4 is 0 Å². The second-order valence-corrected chi connectivity index (χ2v) is 3.20. The maximum atomic E-state index is 9.44. The van der Waals surface area contributed by atoms with Crippen molar-refractivity contribution in [3.8, 4) is 0 Å². The molecule has 0 saturated carbocycles. The zero-order valence-electron chi connectivity index (χ0n) is 6.46. The summed E-state index contributed by atoms with van der Waals surface area (Å²) in [5.74, 6) is 0. The van der Waals surface area contributed by atoms with Crippen LogP contribution in [0.4, 0.5) is 0 Å². The maximum Gasteiger partial charge on any atom is 0.121 e. The highest BCUT2D eigenvalue weighted by Crippen LogP contribution is 2.21. The van der Waals surface area contributed by atoms with Crippen LogP contribution in [0, 0.1) is 0 Å². The fourth-order valence-electron chi connectivity index (χ4n) is 0.977. The van der Waals surface area contributed by atoms with Crippen LogP contribution in [0.3, 0.4) is 0 Å². The van der Waals surface area contributed by atoms with Gasteiger partial charge in [-0.15, -0.1) is 0 Å². The predicted octanol–water partition coefficient (Wildman–Crippen LogP) is 0.868. The summed E-state index contributed by atoms with van der Waals surface area (Å²) < 4.78 is 0. The van der Waals surface area contributed by atoms with Gasteiger partial charge in [0.1, 0.15) is 6.10 Å². The molecule has 0 aromatic heterocycles. The maximum absolute atomic E-state index is 9.44. The van der Waals surface area contributed by atoms with Crippen molar-refractivity contribution in [1.29, 1.82) is 0 Å². The van der Waals surface area contributed by atoms with Gasteiger partial charge in [0.2, 0.25) is 0 Å². The first-order valence-electron chi connectivity index (χ1n) is 3.61. The smallest absolute Gasteiger partial charge is 0.121 e. The summed E-state index contributed by atoms with van der Waals surface area (Å²) >= 11 is 0. The number of rotatable bonds is 1. The summed E-state index contributed by atoms with van der Waals surface area (Å²) in [6, 6.07) is 0. The molecule has 1 saturated heterocycles. The Morgan fingerprint density at radius 1 is 1.50 bits per heavy atom. The van der Waals surface area contributed by atoms with E-state index in [4.69, 9.17) is 9.78 Å². The Balaban J connectivity index is 2.39. The lowest BCUT2D eigenvalue weighted by Crippen LogP contribution is -2.40. The van der Waals surface area contributed by atoms with Crippen molar-refractivity contribution in [2.75, 3.05) is 6.61 Å². The quantitative estimate of drug-likeness (QED) is 0.558. The second kappa shape index (κ2) is 2.86. The van der Waals surface area contributed by atoms with E-state index in [0.717, 1.165) is 12.8 Å². The lowest BCUT2D eigenvalue weighted by Gasteiger charge is -2.30. The Kier molecular flexibility index (Phi) is 2.28. The molecule has 1 aliphatic heterocycles. The third-order valence-corrected chi connectivity index (χ3v) is 1.67. The molecule has 0 aliphatic carbocycles. The highest BCUT2D eigenvalue weighted by Gasteiger charge is 2.30. The fourth-order valence-corrected chi connectivity index (χ4v) is 0.977. The largest absolute Gasteiger partial charge is 0.388 e. The van der Waals surface area contributed by atoms with Crippen LogP contribution >= 0.6 is 0 Å². The van der Waals surface area contributed by atoms with Gasteiger partial charge < -0.3 is 5.11 Å². The Labute approximate surface area is 60.9 Å². The molecule has 1 rings (SSSR count). The molecule has 0 aromatic carbocycles. The van der Waals surface area contributed by atoms with Crippen LogP contribution in [0.1, 0.15) is 26.7 Å². The van der Waals surface area contributed by atoms with Gasteiger partial charge in [-0.3, -0.25) is 0 Å². The van der Waals surface area contributed by atoms with Crippen LogP contribution in [-0.4, -0.2) is 23.4 Å². The molecule has 60 valence electrons. The molecule has 1 N–H and O–H groups in total. The standard InChI is InChI=1S/C7H14O3/c1-7(2,8)6-4-3-5-9-10-6/h6,8H,3-5H2,1-2H3. The third kappa shape index (κ3) is 1.94. The van der Waals surface area contributed by atoms with E-state index >= 15 is 0 Å². The van der Waals surface area contributed by atoms with Crippen LogP contribution in [0.15, 0.2) is 0 Å². The number of hydrogen-bond acceptors (Lipinski definition) is 3. The van der Waals surface area contributed by atoms with Gasteiger partial charge >= 0.3 is 0 Å². The highest BCUT2D eigenvalue weighted by atomic mass is 17.2. The van der Waals surface area contributed by atoms with Crippen LogP contribution in [0.25, 0.3) is 0 Å². The molecule has 0 spiro atoms. The third-order valence-electron chi connectivity index (χ3n) is 1.67. The molecule has 0 amide bonds. The van der Waals surface area contributed by atoms with Gasteiger partial charge in [0.15, 0.2) is 0 Å². The Morgan fingerprint density at radius 2 is 2.20 bits per heavy atom. The van der Waals surface area contributed by atoms with Gasteiger partial charge in [-0.2, -0.15) is 0 Å². The summed E-state index contributed by atoms with van der Waals surface area (Å²) in [5.41, 5.74) is -0.777. The van der Waals surface area contributed by atoms with Crippen molar-refractivity contribution in [2.24, 2.45) is 0 Å². The average molecular weight is 146 g/mol. The topological polar surface area (TPSA) is 38.7 Å². The van der Waals surface area contributed by atoms with E-state index in [-0.39, 0.29) is 6.10 Å². The molecule has 1 atom stereocenters. The molecule has 1 unspecified atom stereocenters. The van der Waals surface area contributed by atoms with E-state index in [0.29, 0.717) is 6.61 Å². The van der Waals surface area contributed by atoms with Crippen molar-refractivity contribution in [3.63, 3.8) is 0 Å². The van der Waals surface area contributed by atoms with E-state index in [9.17, 15) is 5.11 Å². The summed E-state index contributed by atoms with van der Waals surface area (Å²) in [6.45, 7) is 4.10. The molecule has 0 radical (unpaired) electrons. The molecule has 1 aliphatic rings. The lowest BCUT2D eigenvalue weighted by molar-refractivity contribution is -0.368. The number of aliphatic hydroxyl groups is 1. The Morgan fingerprint density at radius 3 is 2.50 bits per heavy atom. The Hall–Kier alpha value is -0.120. The Bertz CT molecular complexity index is 99.9. The van der Waals surface area contributed by atoms with Gasteiger partial charge in [-0.05, 0) is 26.7 Å². The predicted molar refractivity (Wildman–Crippen MR) is 36.4 cm³/mol. The molecule has 1 heterocycles. The lowest BCUT2D eigenvalue weighted by atomic mass is 9.97. The van der Waals surface area contributed by atoms with Gasteiger partial charge in [-0.25, -0.2) is 9.78 Å². The molecule has 10 heavy (non-hydrogen) atoms. The summed E-state index contributed by atoms with van der Waals surface area (Å²) in [6.07, 6.45) is 1.68. The van der Waals surface area contributed by atoms with Crippen molar-refractivity contribution in [3.05, 3.63) is 0 Å². The van der Waals surface area contributed by atoms with E-state index in [2.05, 4.69) is 0 Å². The number of hydrogen-bond donors (Lipinski definition) is 1. The van der Waals surface area contributed by atoms with E-state index in [1.165, 1.54) is 0 Å². The molecule has 0 aromatic rings. The fraction of sp³-hybridized carbons (Fsp3) is 1.00. The summed E-state index contributed by atoms with van der Waals surface area (Å²) in [7, 11) is 0. The zero-order valence-corrected chi connectivity index (χ0v) is 6.46. The van der Waals surface area contributed by atoms with Gasteiger partial charge in [0, 0.05) is 0 Å². The minimum Gasteiger partial charge on any atom is -0.388 e. The van der Waals surface area contributed by atoms with Crippen LogP contribution in [0.2, 0.25) is 0 Å². The van der Waals surface area contributed by atoms with Crippen molar-refractivity contribution < 1.29 is 14.9 Å². The minimum atomic E-state index is -0.777. The average Bonchev–Trinajstić information content (AvgIpc) is 1.88. The van der Waals surface area contributed by atoms with Crippen molar-refractivity contribution >= 4 is 0 Å². The van der Waals surface area contributed by atoms with Crippen LogP contribution in [0.5, 0.6) is 0 Å². The van der Waals surface area contributed by atoms with E-state index < -0.39 is 5.60 Å². The van der Waals surface area contributed by atoms with Gasteiger partial charge in [-0.1, -0.05) is 0 Å². The molecule has 3 nitrogen and oxygen atoms in total. The van der Waals surface area contributed by atoms with Gasteiger partial charge in [0.05, 0.1) is 12.2 Å². The second-order valence-electron chi connectivity index (χ2n) is 3.20. The van der Waals surface area contributed by atoms with Crippen molar-refractivity contribution in [1.82, 2.24) is 0 Å². The molecule has 0 bridgehead atoms. The minimum absolute atomic E-state index is 0.166. The van der Waals surface area contributed by atoms with Crippen molar-refractivity contribution in [2.45, 2.75) is 38.4 Å². The first-order chi connectivity index (χ1) is 4.61. The summed E-state index contributed by atoms with van der Waals surface area (Å²) in [5, 5.41) is 9.44. The molecule has 3 heteroatoms. The monoisotopic (exact) mass is 146 g/mol. The SMILES string of the molecule is CC(C)(O)C1CCCOO1. The first kappa shape index (κ1) is 7.98. The zero-order chi connectivity index (χ0) is 7.61. The van der Waals surface area contributed by atoms with E-state index in [1.54, 1.807) is 13.8 Å². The van der Waals surface area contributed by atoms with E-state index in [1.807, 2.05) is 0 Å². The first-order valence-corrected chi connectivity index (χ1v) is 3.61. The summed E-state index contributed by atoms with van der Waals surface area (Å²) in [4.78, 5) is 9.64. The van der Waals surface area contributed by atoms with Gasteiger partial charge in [0.25, 0.3) is 0 Å². The van der Waals surface area contributed by atoms with Crippen LogP contribution in [-0.2, 0) is 9.78 Å².